The number of hydrogen-bond acceptors (Lipinski definition) is 1. The van der Waals surface area contributed by atoms with Gasteiger partial charge in [0, 0.05) is 19.0 Å². The van der Waals surface area contributed by atoms with Gasteiger partial charge in [-0.15, -0.1) is 0 Å². The molecule has 3 rings (SSSR count). The molecule has 1 atom stereocenters. The Labute approximate surface area is 126 Å². The molecule has 1 aliphatic rings. The summed E-state index contributed by atoms with van der Waals surface area (Å²) in [5, 5.41) is 0. The van der Waals surface area contributed by atoms with Gasteiger partial charge in [0.1, 0.15) is 0 Å². The lowest BCUT2D eigenvalue weighted by Crippen LogP contribution is -2.45. The molecule has 0 aromatic heterocycles. The van der Waals surface area contributed by atoms with Crippen molar-refractivity contribution in [2.24, 2.45) is 0 Å². The molecule has 0 spiro atoms. The summed E-state index contributed by atoms with van der Waals surface area (Å²) in [6.07, 6.45) is -4.84. The number of hydrogen-bond donors (Lipinski definition) is 0. The fraction of sp³-hybridized carbons (Fsp3) is 0.235. The van der Waals surface area contributed by atoms with Gasteiger partial charge in [-0.2, -0.15) is 13.2 Å². The number of carbonyl (C=O) groups excluding carboxylic acids is 1. The van der Waals surface area contributed by atoms with Crippen LogP contribution in [0.4, 0.5) is 13.2 Å². The minimum Gasteiger partial charge on any atom is -0.330 e. The highest BCUT2D eigenvalue weighted by atomic mass is 19.4. The summed E-state index contributed by atoms with van der Waals surface area (Å²) < 4.78 is 38.2. The lowest BCUT2D eigenvalue weighted by molar-refractivity contribution is -0.186. The Hall–Kier alpha value is -2.30. The molecule has 2 nitrogen and oxygen atoms in total. The zero-order chi connectivity index (χ0) is 15.7. The standard InChI is InChI=1S/C17H14F3NO/c18-17(19,20)16(22)21-10-13-8-4-5-9-14(13)15(11-21)12-6-2-1-3-7-12/h1-9,15H,10-11H2. The molecule has 0 N–H and O–H groups in total. The van der Waals surface area contributed by atoms with Crippen LogP contribution < -0.4 is 0 Å². The molecule has 1 amide bonds. The molecule has 0 aliphatic carbocycles. The van der Waals surface area contributed by atoms with Gasteiger partial charge in [0.05, 0.1) is 0 Å². The van der Waals surface area contributed by atoms with Crippen molar-refractivity contribution in [1.29, 1.82) is 0 Å². The van der Waals surface area contributed by atoms with Crippen LogP contribution in [0.15, 0.2) is 54.6 Å². The van der Waals surface area contributed by atoms with Crippen molar-refractivity contribution in [1.82, 2.24) is 4.90 Å². The van der Waals surface area contributed by atoms with Gasteiger partial charge in [0.15, 0.2) is 0 Å². The Morgan fingerprint density at radius 3 is 2.32 bits per heavy atom. The first-order valence-electron chi connectivity index (χ1n) is 6.95. The van der Waals surface area contributed by atoms with Crippen LogP contribution in [0.5, 0.6) is 0 Å². The quantitative estimate of drug-likeness (QED) is 0.786. The molecule has 1 unspecified atom stereocenters. The van der Waals surface area contributed by atoms with E-state index in [1.54, 1.807) is 12.1 Å². The average Bonchev–Trinajstić information content (AvgIpc) is 2.53. The third-order valence-electron chi connectivity index (χ3n) is 3.93. The monoisotopic (exact) mass is 305 g/mol. The largest absolute Gasteiger partial charge is 0.471 e. The van der Waals surface area contributed by atoms with Gasteiger partial charge in [0.25, 0.3) is 0 Å². The van der Waals surface area contributed by atoms with Crippen LogP contribution in [-0.2, 0) is 11.3 Å². The summed E-state index contributed by atoms with van der Waals surface area (Å²) in [7, 11) is 0. The van der Waals surface area contributed by atoms with Gasteiger partial charge in [-0.25, -0.2) is 0 Å². The Morgan fingerprint density at radius 2 is 1.64 bits per heavy atom. The summed E-state index contributed by atoms with van der Waals surface area (Å²) >= 11 is 0. The van der Waals surface area contributed by atoms with E-state index < -0.39 is 12.1 Å². The van der Waals surface area contributed by atoms with Gasteiger partial charge in [-0.3, -0.25) is 4.79 Å². The molecule has 0 bridgehead atoms. The highest BCUT2D eigenvalue weighted by molar-refractivity contribution is 5.82. The van der Waals surface area contributed by atoms with Gasteiger partial charge in [-0.05, 0) is 16.7 Å². The normalized spacial score (nSPS) is 18.0. The van der Waals surface area contributed by atoms with Crippen LogP contribution in [0.1, 0.15) is 22.6 Å². The molecule has 0 saturated carbocycles. The van der Waals surface area contributed by atoms with Crippen LogP contribution in [0, 0.1) is 0 Å². The van der Waals surface area contributed by atoms with Gasteiger partial charge in [-0.1, -0.05) is 54.6 Å². The zero-order valence-corrected chi connectivity index (χ0v) is 11.7. The van der Waals surface area contributed by atoms with E-state index in [1.165, 1.54) is 0 Å². The van der Waals surface area contributed by atoms with Crippen molar-refractivity contribution in [3.05, 3.63) is 71.3 Å². The second-order valence-electron chi connectivity index (χ2n) is 5.35. The highest BCUT2D eigenvalue weighted by Gasteiger charge is 2.44. The fourth-order valence-electron chi connectivity index (χ4n) is 2.91. The van der Waals surface area contributed by atoms with E-state index in [1.807, 2.05) is 42.5 Å². The first-order chi connectivity index (χ1) is 10.5. The van der Waals surface area contributed by atoms with Crippen molar-refractivity contribution < 1.29 is 18.0 Å². The molecule has 0 saturated heterocycles. The van der Waals surface area contributed by atoms with Gasteiger partial charge in [0.2, 0.25) is 0 Å². The van der Waals surface area contributed by atoms with Crippen LogP contribution in [0.2, 0.25) is 0 Å². The maximum Gasteiger partial charge on any atom is 0.471 e. The number of nitrogens with zero attached hydrogens (tertiary/aromatic N) is 1. The first kappa shape index (κ1) is 14.6. The van der Waals surface area contributed by atoms with E-state index in [-0.39, 0.29) is 19.0 Å². The third kappa shape index (κ3) is 2.71. The van der Waals surface area contributed by atoms with Gasteiger partial charge < -0.3 is 4.90 Å². The summed E-state index contributed by atoms with van der Waals surface area (Å²) in [5.74, 6) is -2.01. The molecule has 0 radical (unpaired) electrons. The van der Waals surface area contributed by atoms with Crippen LogP contribution in [-0.4, -0.2) is 23.5 Å². The van der Waals surface area contributed by atoms with Crippen molar-refractivity contribution in [2.75, 3.05) is 6.54 Å². The first-order valence-corrected chi connectivity index (χ1v) is 6.95. The van der Waals surface area contributed by atoms with Crippen LogP contribution in [0.25, 0.3) is 0 Å². The van der Waals surface area contributed by atoms with E-state index >= 15 is 0 Å². The Bertz CT molecular complexity index is 682. The maximum absolute atomic E-state index is 12.7. The predicted molar refractivity (Wildman–Crippen MR) is 76.2 cm³/mol. The molecule has 22 heavy (non-hydrogen) atoms. The van der Waals surface area contributed by atoms with Crippen LogP contribution >= 0.6 is 0 Å². The van der Waals surface area contributed by atoms with E-state index in [2.05, 4.69) is 0 Å². The molecule has 1 aliphatic heterocycles. The summed E-state index contributed by atoms with van der Waals surface area (Å²) in [5.41, 5.74) is 2.66. The Kier molecular flexibility index (Phi) is 3.64. The zero-order valence-electron chi connectivity index (χ0n) is 11.7. The third-order valence-corrected chi connectivity index (χ3v) is 3.93. The SMILES string of the molecule is O=C(N1Cc2ccccc2C(c2ccccc2)C1)C(F)(F)F. The maximum atomic E-state index is 12.7. The lowest BCUT2D eigenvalue weighted by Gasteiger charge is -2.35. The van der Waals surface area contributed by atoms with Crippen molar-refractivity contribution in [3.8, 4) is 0 Å². The second-order valence-corrected chi connectivity index (χ2v) is 5.35. The molecule has 0 fully saturated rings. The number of alkyl halides is 3. The van der Waals surface area contributed by atoms with Crippen molar-refractivity contribution >= 4 is 5.91 Å². The molecule has 1 heterocycles. The second kappa shape index (κ2) is 5.48. The summed E-state index contributed by atoms with van der Waals surface area (Å²) in [4.78, 5) is 12.5. The molecule has 5 heteroatoms. The molecular weight excluding hydrogens is 291 g/mol. The van der Waals surface area contributed by atoms with E-state index in [9.17, 15) is 18.0 Å². The summed E-state index contributed by atoms with van der Waals surface area (Å²) in [6.45, 7) is 0.0389. The predicted octanol–water partition coefficient (Wildman–Crippen LogP) is 3.72. The average molecular weight is 305 g/mol. The smallest absolute Gasteiger partial charge is 0.330 e. The minimum absolute atomic E-state index is 0.00213. The number of carbonyl (C=O) groups is 1. The lowest BCUT2D eigenvalue weighted by atomic mass is 9.84. The minimum atomic E-state index is -4.84. The topological polar surface area (TPSA) is 20.3 Å². The Morgan fingerprint density at radius 1 is 1.00 bits per heavy atom. The van der Waals surface area contributed by atoms with E-state index in [0.717, 1.165) is 21.6 Å². The number of amides is 1. The molecule has 114 valence electrons. The number of rotatable bonds is 1. The Balaban J connectivity index is 2.01. The molecular formula is C17H14F3NO. The number of benzene rings is 2. The number of halogens is 3. The summed E-state index contributed by atoms with van der Waals surface area (Å²) in [6, 6.07) is 16.7. The number of fused-ring (bicyclic) bond motifs is 1. The fourth-order valence-corrected chi connectivity index (χ4v) is 2.91. The van der Waals surface area contributed by atoms with Crippen molar-refractivity contribution in [2.45, 2.75) is 18.6 Å². The van der Waals surface area contributed by atoms with Crippen LogP contribution in [0.3, 0.4) is 0 Å². The molecule has 2 aromatic carbocycles. The van der Waals surface area contributed by atoms with Gasteiger partial charge >= 0.3 is 12.1 Å². The highest BCUT2D eigenvalue weighted by Crippen LogP contribution is 2.35. The van der Waals surface area contributed by atoms with E-state index in [0.29, 0.717) is 0 Å². The van der Waals surface area contributed by atoms with E-state index in [4.69, 9.17) is 0 Å². The molecule has 2 aromatic rings. The van der Waals surface area contributed by atoms with Crippen molar-refractivity contribution in [3.63, 3.8) is 0 Å².